The van der Waals surface area contributed by atoms with Crippen LogP contribution in [0.5, 0.6) is 0 Å². The summed E-state index contributed by atoms with van der Waals surface area (Å²) in [6.07, 6.45) is 0.694. The number of benzene rings is 1. The van der Waals surface area contributed by atoms with E-state index in [1.807, 2.05) is 37.3 Å². The quantitative estimate of drug-likeness (QED) is 0.900. The van der Waals surface area contributed by atoms with Crippen molar-refractivity contribution in [3.8, 4) is 0 Å². The minimum absolute atomic E-state index is 0.177. The van der Waals surface area contributed by atoms with Crippen LogP contribution in [0, 0.1) is 0 Å². The standard InChI is InChI=1S/C14H16N2O2S/c1-3-14(11-7-5-4-6-8-11)9-19-13(15-10(2)17)16-12(14)18/h4-8H,3,9H2,1-2H3,(H,15,16,17,18). The van der Waals surface area contributed by atoms with Gasteiger partial charge >= 0.3 is 0 Å². The molecule has 100 valence electrons. The van der Waals surface area contributed by atoms with Crippen LogP contribution in [-0.4, -0.2) is 22.7 Å². The molecule has 1 aromatic rings. The molecule has 1 unspecified atom stereocenters. The second-order valence-corrected chi connectivity index (χ2v) is 5.46. The molecule has 0 radical (unpaired) electrons. The molecule has 1 aliphatic heterocycles. The van der Waals surface area contributed by atoms with Gasteiger partial charge in [0.25, 0.3) is 5.91 Å². The Balaban J connectivity index is 2.33. The van der Waals surface area contributed by atoms with Gasteiger partial charge in [-0.3, -0.25) is 9.59 Å². The van der Waals surface area contributed by atoms with E-state index >= 15 is 0 Å². The van der Waals surface area contributed by atoms with E-state index in [2.05, 4.69) is 10.3 Å². The average molecular weight is 276 g/mol. The number of aliphatic imine (C=N–C) groups is 1. The number of amides is 2. The maximum atomic E-state index is 12.4. The number of carbonyl (C=O) groups is 2. The van der Waals surface area contributed by atoms with Gasteiger partial charge in [0.15, 0.2) is 5.17 Å². The number of amidine groups is 1. The van der Waals surface area contributed by atoms with Gasteiger partial charge in [-0.25, -0.2) is 0 Å². The molecule has 1 heterocycles. The van der Waals surface area contributed by atoms with E-state index in [4.69, 9.17) is 0 Å². The summed E-state index contributed by atoms with van der Waals surface area (Å²) in [5.74, 6) is 0.220. The average Bonchev–Trinajstić information content (AvgIpc) is 2.40. The summed E-state index contributed by atoms with van der Waals surface area (Å²) in [5.41, 5.74) is 0.411. The van der Waals surface area contributed by atoms with Gasteiger partial charge in [-0.1, -0.05) is 49.0 Å². The number of hydrogen-bond acceptors (Lipinski definition) is 3. The summed E-state index contributed by atoms with van der Waals surface area (Å²) >= 11 is 1.42. The Morgan fingerprint density at radius 2 is 2.11 bits per heavy atom. The first-order valence-corrected chi connectivity index (χ1v) is 7.16. The number of hydrogen-bond donors (Lipinski definition) is 1. The zero-order chi connectivity index (χ0) is 13.9. The van der Waals surface area contributed by atoms with Gasteiger partial charge in [0.1, 0.15) is 0 Å². The molecule has 4 nitrogen and oxygen atoms in total. The molecule has 0 bridgehead atoms. The Kier molecular flexibility index (Phi) is 4.04. The van der Waals surface area contributed by atoms with Crippen LogP contribution >= 0.6 is 11.8 Å². The summed E-state index contributed by atoms with van der Waals surface area (Å²) in [7, 11) is 0. The number of carbonyl (C=O) groups excluding carboxylic acids is 2. The fourth-order valence-corrected chi connectivity index (χ4v) is 3.36. The van der Waals surface area contributed by atoms with E-state index in [-0.39, 0.29) is 11.8 Å². The Morgan fingerprint density at radius 1 is 1.42 bits per heavy atom. The lowest BCUT2D eigenvalue weighted by molar-refractivity contribution is -0.122. The molecule has 0 saturated carbocycles. The summed E-state index contributed by atoms with van der Waals surface area (Å²) in [6.45, 7) is 3.40. The largest absolute Gasteiger partial charge is 0.305 e. The van der Waals surface area contributed by atoms with Crippen molar-refractivity contribution in [2.75, 3.05) is 5.75 Å². The molecule has 2 rings (SSSR count). The fraction of sp³-hybridized carbons (Fsp3) is 0.357. The molecule has 19 heavy (non-hydrogen) atoms. The molecule has 0 saturated heterocycles. The molecular weight excluding hydrogens is 260 g/mol. The minimum Gasteiger partial charge on any atom is -0.305 e. The van der Waals surface area contributed by atoms with Gasteiger partial charge < -0.3 is 5.32 Å². The van der Waals surface area contributed by atoms with Gasteiger partial charge in [0.05, 0.1) is 5.41 Å². The zero-order valence-electron chi connectivity index (χ0n) is 11.0. The number of thioether (sulfide) groups is 1. The van der Waals surface area contributed by atoms with Gasteiger partial charge in [-0.05, 0) is 12.0 Å². The van der Waals surface area contributed by atoms with Crippen LogP contribution in [0.2, 0.25) is 0 Å². The van der Waals surface area contributed by atoms with Crippen molar-refractivity contribution in [1.82, 2.24) is 5.32 Å². The number of nitrogens with one attached hydrogen (secondary N) is 1. The van der Waals surface area contributed by atoms with Crippen molar-refractivity contribution in [2.45, 2.75) is 25.7 Å². The molecule has 1 atom stereocenters. The number of rotatable bonds is 2. The van der Waals surface area contributed by atoms with Crippen LogP contribution in [0.3, 0.4) is 0 Å². The van der Waals surface area contributed by atoms with Crippen LogP contribution in [0.25, 0.3) is 0 Å². The third-order valence-corrected chi connectivity index (χ3v) is 4.38. The lowest BCUT2D eigenvalue weighted by Crippen LogP contribution is -2.43. The minimum atomic E-state index is -0.576. The van der Waals surface area contributed by atoms with E-state index < -0.39 is 5.41 Å². The molecule has 1 N–H and O–H groups in total. The van der Waals surface area contributed by atoms with E-state index in [9.17, 15) is 9.59 Å². The highest BCUT2D eigenvalue weighted by Gasteiger charge is 2.41. The Labute approximate surface area is 116 Å². The number of nitrogens with zero attached hydrogens (tertiary/aromatic N) is 1. The van der Waals surface area contributed by atoms with Crippen molar-refractivity contribution >= 4 is 28.7 Å². The van der Waals surface area contributed by atoms with Gasteiger partial charge in [-0.15, -0.1) is 0 Å². The Morgan fingerprint density at radius 3 is 2.63 bits per heavy atom. The molecule has 5 heteroatoms. The maximum Gasteiger partial charge on any atom is 0.259 e. The Hall–Kier alpha value is -1.62. The third-order valence-electron chi connectivity index (χ3n) is 3.28. The van der Waals surface area contributed by atoms with Gasteiger partial charge in [0.2, 0.25) is 5.91 Å². The van der Waals surface area contributed by atoms with Crippen molar-refractivity contribution in [2.24, 2.45) is 4.99 Å². The van der Waals surface area contributed by atoms with Crippen LogP contribution in [0.1, 0.15) is 25.8 Å². The summed E-state index contributed by atoms with van der Waals surface area (Å²) in [4.78, 5) is 27.4. The topological polar surface area (TPSA) is 58.5 Å². The van der Waals surface area contributed by atoms with Crippen molar-refractivity contribution in [3.05, 3.63) is 35.9 Å². The summed E-state index contributed by atoms with van der Waals surface area (Å²) in [6, 6.07) is 9.70. The lowest BCUT2D eigenvalue weighted by Gasteiger charge is -2.32. The fourth-order valence-electron chi connectivity index (χ4n) is 2.12. The highest BCUT2D eigenvalue weighted by Crippen LogP contribution is 2.36. The van der Waals surface area contributed by atoms with Crippen molar-refractivity contribution in [3.63, 3.8) is 0 Å². The van der Waals surface area contributed by atoms with Crippen molar-refractivity contribution in [1.29, 1.82) is 0 Å². The highest BCUT2D eigenvalue weighted by molar-refractivity contribution is 8.14. The molecular formula is C14H16N2O2S. The first-order chi connectivity index (χ1) is 9.08. The second kappa shape index (κ2) is 5.57. The molecule has 0 aliphatic carbocycles. The monoisotopic (exact) mass is 276 g/mol. The molecule has 2 amide bonds. The third kappa shape index (κ3) is 2.71. The smallest absolute Gasteiger partial charge is 0.259 e. The van der Waals surface area contributed by atoms with Gasteiger partial charge in [-0.2, -0.15) is 4.99 Å². The second-order valence-electron chi connectivity index (χ2n) is 4.49. The molecule has 1 aromatic carbocycles. The van der Waals surface area contributed by atoms with Crippen LogP contribution in [0.15, 0.2) is 35.3 Å². The molecule has 0 spiro atoms. The molecule has 0 aromatic heterocycles. The zero-order valence-corrected chi connectivity index (χ0v) is 11.8. The van der Waals surface area contributed by atoms with Crippen LogP contribution in [0.4, 0.5) is 0 Å². The first kappa shape index (κ1) is 13.8. The van der Waals surface area contributed by atoms with E-state index in [0.717, 1.165) is 5.56 Å². The van der Waals surface area contributed by atoms with Crippen LogP contribution in [-0.2, 0) is 15.0 Å². The summed E-state index contributed by atoms with van der Waals surface area (Å²) < 4.78 is 0. The van der Waals surface area contributed by atoms with Gasteiger partial charge in [0, 0.05) is 12.7 Å². The molecule has 0 fully saturated rings. The first-order valence-electron chi connectivity index (χ1n) is 6.17. The Bertz CT molecular complexity index is 528. The SMILES string of the molecule is CCC1(c2ccccc2)CSC(NC(C)=O)=NC1=O. The predicted molar refractivity (Wildman–Crippen MR) is 77.1 cm³/mol. The molecule has 1 aliphatic rings. The van der Waals surface area contributed by atoms with E-state index in [1.54, 1.807) is 0 Å². The summed E-state index contributed by atoms with van der Waals surface area (Å²) in [5, 5.41) is 2.98. The lowest BCUT2D eigenvalue weighted by atomic mass is 9.79. The normalized spacial score (nSPS) is 22.8. The van der Waals surface area contributed by atoms with Crippen LogP contribution < -0.4 is 5.32 Å². The highest BCUT2D eigenvalue weighted by atomic mass is 32.2. The predicted octanol–water partition coefficient (Wildman–Crippen LogP) is 2.10. The van der Waals surface area contributed by atoms with E-state index in [1.165, 1.54) is 18.7 Å². The van der Waals surface area contributed by atoms with E-state index in [0.29, 0.717) is 17.3 Å². The van der Waals surface area contributed by atoms with Crippen molar-refractivity contribution < 1.29 is 9.59 Å². The maximum absolute atomic E-state index is 12.4.